The minimum Gasteiger partial charge on any atom is -0.493 e. The van der Waals surface area contributed by atoms with Gasteiger partial charge in [-0.05, 0) is 79.0 Å². The van der Waals surface area contributed by atoms with E-state index in [0.29, 0.717) is 47.8 Å². The Morgan fingerprint density at radius 1 is 0.932 bits per heavy atom. The maximum absolute atomic E-state index is 13.8. The van der Waals surface area contributed by atoms with Crippen LogP contribution in [0.5, 0.6) is 17.2 Å². The predicted octanol–water partition coefficient (Wildman–Crippen LogP) is 5.63. The highest BCUT2D eigenvalue weighted by atomic mass is 32.2. The number of methoxy groups -OCH3 is 3. The summed E-state index contributed by atoms with van der Waals surface area (Å²) in [5, 5.41) is 9.63. The van der Waals surface area contributed by atoms with Crippen molar-refractivity contribution in [3.05, 3.63) is 45.6 Å². The molecule has 0 unspecified atom stereocenters. The number of aryl methyl sites for hydroxylation is 1. The van der Waals surface area contributed by atoms with E-state index in [1.165, 1.54) is 26.2 Å². The monoisotopic (exact) mass is 625 g/mol. The van der Waals surface area contributed by atoms with Crippen LogP contribution in [-0.2, 0) is 16.0 Å². The molecule has 4 rings (SSSR count). The van der Waals surface area contributed by atoms with Gasteiger partial charge in [0.25, 0.3) is 0 Å². The highest BCUT2D eigenvalue weighted by molar-refractivity contribution is 7.98. The first-order valence-corrected chi connectivity index (χ1v) is 17.0. The van der Waals surface area contributed by atoms with Crippen molar-refractivity contribution in [1.82, 2.24) is 10.6 Å². The number of hydrogen-bond donors (Lipinski definition) is 3. The Labute approximate surface area is 265 Å². The van der Waals surface area contributed by atoms with Crippen LogP contribution in [0.3, 0.4) is 0 Å². The molecule has 0 radical (unpaired) electrons. The van der Waals surface area contributed by atoms with Crippen molar-refractivity contribution in [3.8, 4) is 28.4 Å². The lowest BCUT2D eigenvalue weighted by atomic mass is 9.95. The SMILES string of the molecule is COc1cc2c(c(OC)c1OC)-c1ccc(N[C@@H](CCSC)C(=O)NC3CCCCCCC3)c(=O)cc1[C@H](NC(C)=O)CC2. The average molecular weight is 626 g/mol. The molecule has 0 saturated heterocycles. The van der Waals surface area contributed by atoms with E-state index in [1.807, 2.05) is 18.4 Å². The number of anilines is 1. The Kier molecular flexibility index (Phi) is 12.2. The zero-order chi connectivity index (χ0) is 31.6. The van der Waals surface area contributed by atoms with E-state index in [0.717, 1.165) is 48.1 Å². The first-order chi connectivity index (χ1) is 21.3. The van der Waals surface area contributed by atoms with E-state index < -0.39 is 12.1 Å². The molecule has 2 aromatic carbocycles. The molecule has 0 spiro atoms. The van der Waals surface area contributed by atoms with Gasteiger partial charge in [0, 0.05) is 18.5 Å². The molecule has 44 heavy (non-hydrogen) atoms. The summed E-state index contributed by atoms with van der Waals surface area (Å²) >= 11 is 1.67. The standard InChI is InChI=1S/C34H47N3O6S/c1-21(38)35-26-15-13-22-19-30(41-2)32(42-3)33(43-4)31(22)24-14-16-27(29(39)20-25(24)26)37-28(17-18-44-5)34(40)36-23-11-9-7-6-8-10-12-23/h14,16,19-20,23,26,28H,6-13,15,17-18H2,1-5H3,(H,35,38)(H,36,40)(H,37,39)/t26-,28+/m1/s1. The Hall–Kier alpha value is -3.40. The van der Waals surface area contributed by atoms with E-state index in [-0.39, 0.29) is 23.3 Å². The van der Waals surface area contributed by atoms with Crippen LogP contribution in [0, 0.1) is 0 Å². The maximum atomic E-state index is 13.8. The molecule has 0 aliphatic heterocycles. The lowest BCUT2D eigenvalue weighted by molar-refractivity contribution is -0.123. The molecule has 2 aromatic rings. The number of carbonyl (C=O) groups is 2. The molecule has 9 nitrogen and oxygen atoms in total. The molecule has 2 atom stereocenters. The van der Waals surface area contributed by atoms with E-state index >= 15 is 0 Å². The largest absolute Gasteiger partial charge is 0.493 e. The predicted molar refractivity (Wildman–Crippen MR) is 177 cm³/mol. The minimum atomic E-state index is -0.555. The Morgan fingerprint density at radius 3 is 2.27 bits per heavy atom. The third-order valence-corrected chi connectivity index (χ3v) is 9.27. The van der Waals surface area contributed by atoms with Gasteiger partial charge >= 0.3 is 0 Å². The molecule has 0 bridgehead atoms. The molecular weight excluding hydrogens is 578 g/mol. The smallest absolute Gasteiger partial charge is 0.242 e. The van der Waals surface area contributed by atoms with Crippen LogP contribution in [0.15, 0.2) is 29.1 Å². The van der Waals surface area contributed by atoms with Gasteiger partial charge in [0.2, 0.25) is 23.0 Å². The normalized spacial score (nSPS) is 17.4. The van der Waals surface area contributed by atoms with Gasteiger partial charge in [-0.3, -0.25) is 14.4 Å². The third kappa shape index (κ3) is 8.00. The van der Waals surface area contributed by atoms with Crippen molar-refractivity contribution in [2.45, 2.75) is 89.3 Å². The van der Waals surface area contributed by atoms with Crippen molar-refractivity contribution in [3.63, 3.8) is 0 Å². The minimum absolute atomic E-state index is 0.0722. The highest BCUT2D eigenvalue weighted by Gasteiger charge is 2.30. The second kappa shape index (κ2) is 16.1. The number of fused-ring (bicyclic) bond motifs is 3. The van der Waals surface area contributed by atoms with Crippen LogP contribution in [0.1, 0.15) is 81.9 Å². The lowest BCUT2D eigenvalue weighted by Crippen LogP contribution is -2.45. The van der Waals surface area contributed by atoms with Crippen LogP contribution >= 0.6 is 11.8 Å². The zero-order valence-corrected chi connectivity index (χ0v) is 27.5. The second-order valence-corrected chi connectivity index (χ2v) is 12.6. The molecular formula is C34H47N3O6S. The Morgan fingerprint density at radius 2 is 1.64 bits per heavy atom. The summed E-state index contributed by atoms with van der Waals surface area (Å²) in [4.78, 5) is 39.7. The van der Waals surface area contributed by atoms with E-state index in [1.54, 1.807) is 45.2 Å². The molecule has 2 amide bonds. The summed E-state index contributed by atoms with van der Waals surface area (Å²) in [5.74, 6) is 2.01. The zero-order valence-electron chi connectivity index (χ0n) is 26.7. The summed E-state index contributed by atoms with van der Waals surface area (Å²) in [6.45, 7) is 1.48. The number of benzene rings is 1. The summed E-state index contributed by atoms with van der Waals surface area (Å²) in [6, 6.07) is 6.34. The number of rotatable bonds is 11. The second-order valence-electron chi connectivity index (χ2n) is 11.6. The van der Waals surface area contributed by atoms with Crippen LogP contribution < -0.4 is 35.6 Å². The topological polar surface area (TPSA) is 115 Å². The van der Waals surface area contributed by atoms with E-state index in [4.69, 9.17) is 14.2 Å². The van der Waals surface area contributed by atoms with E-state index in [9.17, 15) is 14.4 Å². The molecule has 1 fully saturated rings. The van der Waals surface area contributed by atoms with Gasteiger partial charge in [-0.25, -0.2) is 0 Å². The molecule has 3 N–H and O–H groups in total. The van der Waals surface area contributed by atoms with Crippen molar-refractivity contribution >= 4 is 29.3 Å². The highest BCUT2D eigenvalue weighted by Crippen LogP contribution is 2.50. The summed E-state index contributed by atoms with van der Waals surface area (Å²) in [6.07, 6.45) is 11.7. The molecule has 0 heterocycles. The fraction of sp³-hybridized carbons (Fsp3) is 0.559. The van der Waals surface area contributed by atoms with Crippen LogP contribution in [0.2, 0.25) is 0 Å². The van der Waals surface area contributed by atoms with Crippen molar-refractivity contribution in [2.24, 2.45) is 0 Å². The Bertz CT molecular complexity index is 1380. The number of ether oxygens (including phenoxy) is 3. The summed E-state index contributed by atoms with van der Waals surface area (Å²) in [5.41, 5.74) is 3.26. The molecule has 2 aliphatic rings. The van der Waals surface area contributed by atoms with Gasteiger partial charge in [-0.2, -0.15) is 11.8 Å². The number of thioether (sulfide) groups is 1. The molecule has 10 heteroatoms. The quantitative estimate of drug-likeness (QED) is 0.295. The molecule has 2 aliphatic carbocycles. The van der Waals surface area contributed by atoms with Gasteiger partial charge in [0.1, 0.15) is 6.04 Å². The van der Waals surface area contributed by atoms with Gasteiger partial charge in [0.05, 0.1) is 33.1 Å². The van der Waals surface area contributed by atoms with Crippen LogP contribution in [-0.4, -0.2) is 57.2 Å². The van der Waals surface area contributed by atoms with E-state index in [2.05, 4.69) is 16.0 Å². The van der Waals surface area contributed by atoms with Crippen molar-refractivity contribution in [2.75, 3.05) is 38.7 Å². The molecule has 1 saturated carbocycles. The van der Waals surface area contributed by atoms with Gasteiger partial charge in [-0.1, -0.05) is 38.2 Å². The van der Waals surface area contributed by atoms with Crippen LogP contribution in [0.4, 0.5) is 5.69 Å². The van der Waals surface area contributed by atoms with Crippen molar-refractivity contribution < 1.29 is 23.8 Å². The number of carbonyl (C=O) groups excluding carboxylic acids is 2. The number of amides is 2. The first kappa shape index (κ1) is 33.5. The Balaban J connectivity index is 1.78. The third-order valence-electron chi connectivity index (χ3n) is 8.62. The number of hydrogen-bond acceptors (Lipinski definition) is 8. The first-order valence-electron chi connectivity index (χ1n) is 15.6. The summed E-state index contributed by atoms with van der Waals surface area (Å²) in [7, 11) is 4.72. The fourth-order valence-corrected chi connectivity index (χ4v) is 6.89. The van der Waals surface area contributed by atoms with Crippen LogP contribution in [0.25, 0.3) is 11.1 Å². The maximum Gasteiger partial charge on any atom is 0.242 e. The fourth-order valence-electron chi connectivity index (χ4n) is 6.42. The number of nitrogens with one attached hydrogen (secondary N) is 3. The average Bonchev–Trinajstić information content (AvgIpc) is 3.23. The van der Waals surface area contributed by atoms with Crippen molar-refractivity contribution in [1.29, 1.82) is 0 Å². The van der Waals surface area contributed by atoms with Gasteiger partial charge < -0.3 is 30.2 Å². The lowest BCUT2D eigenvalue weighted by Gasteiger charge is -2.25. The molecule has 240 valence electrons. The summed E-state index contributed by atoms with van der Waals surface area (Å²) < 4.78 is 17.2. The molecule has 0 aromatic heterocycles. The van der Waals surface area contributed by atoms with Gasteiger partial charge in [-0.15, -0.1) is 0 Å². The van der Waals surface area contributed by atoms with Gasteiger partial charge in [0.15, 0.2) is 11.5 Å².